The van der Waals surface area contributed by atoms with E-state index in [0.29, 0.717) is 11.8 Å². The molecule has 1 fully saturated rings. The van der Waals surface area contributed by atoms with Gasteiger partial charge < -0.3 is 0 Å². The molecule has 0 heterocycles. The van der Waals surface area contributed by atoms with Gasteiger partial charge in [0, 0.05) is 6.04 Å². The second-order valence-corrected chi connectivity index (χ2v) is 7.49. The molecule has 4 heteroatoms. The summed E-state index contributed by atoms with van der Waals surface area (Å²) in [5, 5.41) is 0. The predicted molar refractivity (Wildman–Crippen MR) is 78.2 cm³/mol. The van der Waals surface area contributed by atoms with Crippen LogP contribution in [-0.2, 0) is 15.8 Å². The summed E-state index contributed by atoms with van der Waals surface area (Å²) >= 11 is 0. The van der Waals surface area contributed by atoms with Crippen molar-refractivity contribution in [1.29, 1.82) is 0 Å². The summed E-state index contributed by atoms with van der Waals surface area (Å²) in [4.78, 5) is 0. The topological polar surface area (TPSA) is 46.2 Å². The Morgan fingerprint density at radius 1 is 1.16 bits per heavy atom. The zero-order valence-electron chi connectivity index (χ0n) is 11.7. The zero-order chi connectivity index (χ0) is 13.9. The molecule has 19 heavy (non-hydrogen) atoms. The van der Waals surface area contributed by atoms with Crippen LogP contribution in [0.2, 0.25) is 0 Å². The molecule has 3 atom stereocenters. The number of rotatable bonds is 4. The molecular weight excluding hydrogens is 258 g/mol. The third-order valence-electron chi connectivity index (χ3n) is 4.24. The zero-order valence-corrected chi connectivity index (χ0v) is 12.5. The standard InChI is InChI=1S/C15H23NO2S/c1-12-7-6-10-15(13(12)2)16-19(17,18)11-14-8-4-3-5-9-14/h3-5,8-9,12-13,15-16H,6-7,10-11H2,1-2H3/t12-,13-,15-/m1/s1. The molecule has 0 radical (unpaired) electrons. The Morgan fingerprint density at radius 2 is 1.84 bits per heavy atom. The van der Waals surface area contributed by atoms with Crippen LogP contribution in [0.15, 0.2) is 30.3 Å². The molecule has 2 rings (SSSR count). The fourth-order valence-corrected chi connectivity index (χ4v) is 4.32. The minimum Gasteiger partial charge on any atom is -0.212 e. The maximum atomic E-state index is 12.2. The van der Waals surface area contributed by atoms with Gasteiger partial charge in [-0.3, -0.25) is 0 Å². The third-order valence-corrected chi connectivity index (χ3v) is 5.61. The van der Waals surface area contributed by atoms with Gasteiger partial charge in [0.15, 0.2) is 0 Å². The number of hydrogen-bond acceptors (Lipinski definition) is 2. The summed E-state index contributed by atoms with van der Waals surface area (Å²) in [6.45, 7) is 4.36. The Balaban J connectivity index is 2.01. The highest BCUT2D eigenvalue weighted by Gasteiger charge is 2.30. The van der Waals surface area contributed by atoms with E-state index in [1.807, 2.05) is 30.3 Å². The Hall–Kier alpha value is -0.870. The van der Waals surface area contributed by atoms with Crippen LogP contribution in [-0.4, -0.2) is 14.5 Å². The van der Waals surface area contributed by atoms with Crippen LogP contribution in [0.4, 0.5) is 0 Å². The Labute approximate surface area is 116 Å². The van der Waals surface area contributed by atoms with Gasteiger partial charge in [0.1, 0.15) is 0 Å². The fourth-order valence-electron chi connectivity index (χ4n) is 2.81. The maximum Gasteiger partial charge on any atom is 0.216 e. The van der Waals surface area contributed by atoms with Crippen molar-refractivity contribution >= 4 is 10.0 Å². The molecule has 0 aromatic heterocycles. The molecule has 1 saturated carbocycles. The van der Waals surface area contributed by atoms with Crippen LogP contribution < -0.4 is 4.72 Å². The molecule has 1 aliphatic carbocycles. The van der Waals surface area contributed by atoms with E-state index in [4.69, 9.17) is 0 Å². The van der Waals surface area contributed by atoms with E-state index in [1.54, 1.807) is 0 Å². The SMILES string of the molecule is C[C@@H]1[C@H](C)CCC[C@H]1NS(=O)(=O)Cc1ccccc1. The molecule has 1 N–H and O–H groups in total. The summed E-state index contributed by atoms with van der Waals surface area (Å²) in [5.74, 6) is 1.09. The third kappa shape index (κ3) is 4.05. The lowest BCUT2D eigenvalue weighted by Gasteiger charge is -2.34. The quantitative estimate of drug-likeness (QED) is 0.922. The van der Waals surface area contributed by atoms with Gasteiger partial charge in [0.05, 0.1) is 5.75 Å². The van der Waals surface area contributed by atoms with Gasteiger partial charge >= 0.3 is 0 Å². The Kier molecular flexibility index (Phi) is 4.63. The lowest BCUT2D eigenvalue weighted by atomic mass is 9.78. The molecule has 0 bridgehead atoms. The lowest BCUT2D eigenvalue weighted by molar-refractivity contribution is 0.227. The van der Waals surface area contributed by atoms with Crippen molar-refractivity contribution in [2.45, 2.75) is 44.9 Å². The van der Waals surface area contributed by atoms with E-state index in [2.05, 4.69) is 18.6 Å². The normalized spacial score (nSPS) is 28.2. The van der Waals surface area contributed by atoms with Crippen LogP contribution in [0.1, 0.15) is 38.7 Å². The lowest BCUT2D eigenvalue weighted by Crippen LogP contribution is -2.44. The van der Waals surface area contributed by atoms with Gasteiger partial charge in [-0.1, -0.05) is 57.0 Å². The first-order valence-corrected chi connectivity index (χ1v) is 8.67. The minimum absolute atomic E-state index is 0.0748. The predicted octanol–water partition coefficient (Wildman–Crippen LogP) is 2.93. The van der Waals surface area contributed by atoms with E-state index in [9.17, 15) is 8.42 Å². The van der Waals surface area contributed by atoms with Gasteiger partial charge in [-0.2, -0.15) is 0 Å². The van der Waals surface area contributed by atoms with Gasteiger partial charge in [-0.15, -0.1) is 0 Å². The number of benzene rings is 1. The van der Waals surface area contributed by atoms with Crippen molar-refractivity contribution in [3.63, 3.8) is 0 Å². The van der Waals surface area contributed by atoms with E-state index >= 15 is 0 Å². The number of hydrogen-bond donors (Lipinski definition) is 1. The number of sulfonamides is 1. The van der Waals surface area contributed by atoms with Gasteiger partial charge in [0.2, 0.25) is 10.0 Å². The molecule has 3 nitrogen and oxygen atoms in total. The average molecular weight is 281 g/mol. The molecule has 0 amide bonds. The molecule has 1 aromatic rings. The summed E-state index contributed by atoms with van der Waals surface area (Å²) in [6, 6.07) is 9.44. The van der Waals surface area contributed by atoms with Crippen LogP contribution in [0, 0.1) is 11.8 Å². The van der Waals surface area contributed by atoms with E-state index in [0.717, 1.165) is 18.4 Å². The smallest absolute Gasteiger partial charge is 0.212 e. The largest absolute Gasteiger partial charge is 0.216 e. The molecule has 1 aliphatic rings. The van der Waals surface area contributed by atoms with Crippen molar-refractivity contribution in [3.8, 4) is 0 Å². The van der Waals surface area contributed by atoms with Crippen molar-refractivity contribution in [2.75, 3.05) is 0 Å². The fraction of sp³-hybridized carbons (Fsp3) is 0.600. The first kappa shape index (κ1) is 14.5. The van der Waals surface area contributed by atoms with E-state index in [-0.39, 0.29) is 11.8 Å². The summed E-state index contributed by atoms with van der Waals surface area (Å²) < 4.78 is 27.3. The summed E-state index contributed by atoms with van der Waals surface area (Å²) in [6.07, 6.45) is 3.28. The highest BCUT2D eigenvalue weighted by Crippen LogP contribution is 2.30. The summed E-state index contributed by atoms with van der Waals surface area (Å²) in [5.41, 5.74) is 0.839. The molecule has 0 spiro atoms. The highest BCUT2D eigenvalue weighted by molar-refractivity contribution is 7.88. The van der Waals surface area contributed by atoms with Crippen LogP contribution in [0.5, 0.6) is 0 Å². The van der Waals surface area contributed by atoms with Gasteiger partial charge in [-0.05, 0) is 23.8 Å². The first-order valence-electron chi connectivity index (χ1n) is 7.02. The van der Waals surface area contributed by atoms with Crippen molar-refractivity contribution < 1.29 is 8.42 Å². The van der Waals surface area contributed by atoms with Crippen molar-refractivity contribution in [1.82, 2.24) is 4.72 Å². The van der Waals surface area contributed by atoms with E-state index in [1.165, 1.54) is 6.42 Å². The van der Waals surface area contributed by atoms with Gasteiger partial charge in [0.25, 0.3) is 0 Å². The highest BCUT2D eigenvalue weighted by atomic mass is 32.2. The molecule has 0 unspecified atom stereocenters. The monoisotopic (exact) mass is 281 g/mol. The van der Waals surface area contributed by atoms with Crippen molar-refractivity contribution in [2.24, 2.45) is 11.8 Å². The second-order valence-electron chi connectivity index (χ2n) is 5.74. The second kappa shape index (κ2) is 6.06. The van der Waals surface area contributed by atoms with Crippen LogP contribution in [0.3, 0.4) is 0 Å². The Bertz CT molecular complexity index is 498. The molecule has 106 valence electrons. The summed E-state index contributed by atoms with van der Waals surface area (Å²) in [7, 11) is -3.24. The molecule has 0 aliphatic heterocycles. The van der Waals surface area contributed by atoms with E-state index < -0.39 is 10.0 Å². The molecular formula is C15H23NO2S. The maximum absolute atomic E-state index is 12.2. The molecule has 0 saturated heterocycles. The first-order chi connectivity index (χ1) is 8.98. The number of nitrogens with one attached hydrogen (secondary N) is 1. The average Bonchev–Trinajstić information content (AvgIpc) is 2.35. The van der Waals surface area contributed by atoms with Crippen LogP contribution >= 0.6 is 0 Å². The Morgan fingerprint density at radius 3 is 2.53 bits per heavy atom. The van der Waals surface area contributed by atoms with Crippen molar-refractivity contribution in [3.05, 3.63) is 35.9 Å². The minimum atomic E-state index is -3.24. The van der Waals surface area contributed by atoms with Crippen LogP contribution in [0.25, 0.3) is 0 Å². The van der Waals surface area contributed by atoms with Gasteiger partial charge in [-0.25, -0.2) is 13.1 Å². The molecule has 1 aromatic carbocycles.